The highest BCUT2D eigenvalue weighted by atomic mass is 16.5. The minimum atomic E-state index is -0.112. The number of pyridine rings is 1. The lowest BCUT2D eigenvalue weighted by molar-refractivity contribution is -0.121. The number of methoxy groups -OCH3 is 1. The second-order valence-electron chi connectivity index (χ2n) is 6.73. The van der Waals surface area contributed by atoms with Crippen LogP contribution in [0, 0.1) is 5.92 Å². The van der Waals surface area contributed by atoms with E-state index in [1.807, 2.05) is 43.3 Å². The number of nitrogens with zero attached hydrogens (tertiary/aromatic N) is 1. The Bertz CT molecular complexity index is 702. The lowest BCUT2D eigenvalue weighted by atomic mass is 10.1. The smallest absolute Gasteiger partial charge is 0.220 e. The molecule has 0 spiro atoms. The van der Waals surface area contributed by atoms with Gasteiger partial charge in [-0.3, -0.25) is 9.78 Å². The molecule has 140 valence electrons. The Morgan fingerprint density at radius 1 is 1.15 bits per heavy atom. The Hall–Kier alpha value is -2.56. The predicted molar refractivity (Wildman–Crippen MR) is 102 cm³/mol. The first kappa shape index (κ1) is 19.8. The van der Waals surface area contributed by atoms with E-state index in [9.17, 15) is 4.79 Å². The number of aryl methyl sites for hydroxylation is 1. The van der Waals surface area contributed by atoms with E-state index in [0.717, 1.165) is 17.0 Å². The molecule has 0 aliphatic rings. The summed E-state index contributed by atoms with van der Waals surface area (Å²) in [5.74, 6) is 1.84. The molecule has 0 fully saturated rings. The van der Waals surface area contributed by atoms with Crippen molar-refractivity contribution in [2.45, 2.75) is 39.7 Å². The van der Waals surface area contributed by atoms with E-state index in [4.69, 9.17) is 9.47 Å². The van der Waals surface area contributed by atoms with Crippen molar-refractivity contribution in [2.24, 2.45) is 5.92 Å². The number of rotatable bonds is 9. The molecule has 26 heavy (non-hydrogen) atoms. The SMILES string of the molecule is COc1cc(C(C)NC(=O)CCc2ccccn2)ccc1OCC(C)C. The van der Waals surface area contributed by atoms with Crippen LogP contribution in [0.3, 0.4) is 0 Å². The van der Waals surface area contributed by atoms with Crippen LogP contribution in [0.15, 0.2) is 42.6 Å². The topological polar surface area (TPSA) is 60.5 Å². The molecule has 0 saturated heterocycles. The molecule has 1 aromatic carbocycles. The number of carbonyl (C=O) groups excluding carboxylic acids is 1. The summed E-state index contributed by atoms with van der Waals surface area (Å²) in [4.78, 5) is 16.4. The van der Waals surface area contributed by atoms with Gasteiger partial charge in [0.05, 0.1) is 19.8 Å². The van der Waals surface area contributed by atoms with Crippen molar-refractivity contribution in [1.82, 2.24) is 10.3 Å². The molecule has 1 unspecified atom stereocenters. The first-order valence-electron chi connectivity index (χ1n) is 8.99. The van der Waals surface area contributed by atoms with Crippen LogP contribution in [0.5, 0.6) is 11.5 Å². The zero-order valence-corrected chi connectivity index (χ0v) is 16.0. The van der Waals surface area contributed by atoms with Crippen LogP contribution in [0.1, 0.15) is 44.5 Å². The summed E-state index contributed by atoms with van der Waals surface area (Å²) in [5, 5.41) is 3.02. The molecular formula is C21H28N2O3. The monoisotopic (exact) mass is 356 g/mol. The van der Waals surface area contributed by atoms with Gasteiger partial charge < -0.3 is 14.8 Å². The van der Waals surface area contributed by atoms with E-state index in [0.29, 0.717) is 31.1 Å². The molecule has 1 heterocycles. The largest absolute Gasteiger partial charge is 0.493 e. The Kier molecular flexibility index (Phi) is 7.45. The molecule has 0 aliphatic heterocycles. The van der Waals surface area contributed by atoms with Crippen molar-refractivity contribution in [3.05, 3.63) is 53.9 Å². The fourth-order valence-corrected chi connectivity index (χ4v) is 2.51. The molecule has 0 radical (unpaired) electrons. The van der Waals surface area contributed by atoms with Crippen LogP contribution in [0.4, 0.5) is 0 Å². The fourth-order valence-electron chi connectivity index (χ4n) is 2.51. The number of benzene rings is 1. The molecule has 2 rings (SSSR count). The zero-order valence-electron chi connectivity index (χ0n) is 16.0. The third-order valence-corrected chi connectivity index (χ3v) is 3.97. The Morgan fingerprint density at radius 3 is 2.62 bits per heavy atom. The van der Waals surface area contributed by atoms with E-state index in [2.05, 4.69) is 24.1 Å². The lowest BCUT2D eigenvalue weighted by Crippen LogP contribution is -2.26. The molecule has 0 bridgehead atoms. The molecule has 2 aromatic rings. The summed E-state index contributed by atoms with van der Waals surface area (Å²) in [5.41, 5.74) is 1.90. The van der Waals surface area contributed by atoms with Gasteiger partial charge in [0.1, 0.15) is 0 Å². The van der Waals surface area contributed by atoms with Crippen LogP contribution in [-0.2, 0) is 11.2 Å². The summed E-state index contributed by atoms with van der Waals surface area (Å²) in [6, 6.07) is 11.4. The molecule has 1 aromatic heterocycles. The molecule has 1 N–H and O–H groups in total. The third-order valence-electron chi connectivity index (χ3n) is 3.97. The fraction of sp³-hybridized carbons (Fsp3) is 0.429. The number of hydrogen-bond acceptors (Lipinski definition) is 4. The molecular weight excluding hydrogens is 328 g/mol. The van der Waals surface area contributed by atoms with Crippen molar-refractivity contribution in [3.8, 4) is 11.5 Å². The van der Waals surface area contributed by atoms with Gasteiger partial charge in [0.25, 0.3) is 0 Å². The standard InChI is InChI=1S/C21H28N2O3/c1-15(2)14-26-19-10-8-17(13-20(19)25-4)16(3)23-21(24)11-9-18-7-5-6-12-22-18/h5-8,10,12-13,15-16H,9,11,14H2,1-4H3,(H,23,24). The number of ether oxygens (including phenoxy) is 2. The Labute approximate surface area is 155 Å². The zero-order chi connectivity index (χ0) is 18.9. The molecule has 5 heteroatoms. The highest BCUT2D eigenvalue weighted by Gasteiger charge is 2.13. The molecule has 5 nitrogen and oxygen atoms in total. The second kappa shape index (κ2) is 9.80. The molecule has 1 amide bonds. The highest BCUT2D eigenvalue weighted by Crippen LogP contribution is 2.30. The number of aromatic nitrogens is 1. The summed E-state index contributed by atoms with van der Waals surface area (Å²) < 4.78 is 11.2. The van der Waals surface area contributed by atoms with Crippen molar-refractivity contribution >= 4 is 5.91 Å². The van der Waals surface area contributed by atoms with E-state index in [1.165, 1.54) is 0 Å². The second-order valence-corrected chi connectivity index (χ2v) is 6.73. The van der Waals surface area contributed by atoms with Crippen LogP contribution < -0.4 is 14.8 Å². The predicted octanol–water partition coefficient (Wildman–Crippen LogP) is 3.94. The molecule has 0 aliphatic carbocycles. The van der Waals surface area contributed by atoms with Gasteiger partial charge in [0, 0.05) is 18.3 Å². The van der Waals surface area contributed by atoms with Crippen molar-refractivity contribution in [1.29, 1.82) is 0 Å². The minimum Gasteiger partial charge on any atom is -0.493 e. The maximum absolute atomic E-state index is 12.2. The van der Waals surface area contributed by atoms with Crippen LogP contribution >= 0.6 is 0 Å². The summed E-state index contributed by atoms with van der Waals surface area (Å²) in [6.45, 7) is 6.80. The van der Waals surface area contributed by atoms with Crippen molar-refractivity contribution in [2.75, 3.05) is 13.7 Å². The average Bonchev–Trinajstić information content (AvgIpc) is 2.65. The van der Waals surface area contributed by atoms with Crippen LogP contribution in [0.2, 0.25) is 0 Å². The Morgan fingerprint density at radius 2 is 1.96 bits per heavy atom. The number of amides is 1. The van der Waals surface area contributed by atoms with Gasteiger partial charge in [-0.1, -0.05) is 26.0 Å². The summed E-state index contributed by atoms with van der Waals surface area (Å²) in [6.07, 6.45) is 2.78. The number of hydrogen-bond donors (Lipinski definition) is 1. The summed E-state index contributed by atoms with van der Waals surface area (Å²) >= 11 is 0. The van der Waals surface area contributed by atoms with Crippen LogP contribution in [-0.4, -0.2) is 24.6 Å². The number of carbonyl (C=O) groups is 1. The van der Waals surface area contributed by atoms with Gasteiger partial charge in [0.15, 0.2) is 11.5 Å². The van der Waals surface area contributed by atoms with E-state index < -0.39 is 0 Å². The van der Waals surface area contributed by atoms with E-state index >= 15 is 0 Å². The van der Waals surface area contributed by atoms with Gasteiger partial charge in [-0.15, -0.1) is 0 Å². The van der Waals surface area contributed by atoms with E-state index in [-0.39, 0.29) is 11.9 Å². The summed E-state index contributed by atoms with van der Waals surface area (Å²) in [7, 11) is 1.62. The molecule has 0 saturated carbocycles. The van der Waals surface area contributed by atoms with Gasteiger partial charge in [-0.25, -0.2) is 0 Å². The van der Waals surface area contributed by atoms with Crippen molar-refractivity contribution < 1.29 is 14.3 Å². The maximum atomic E-state index is 12.2. The normalized spacial score (nSPS) is 11.9. The molecule has 1 atom stereocenters. The first-order valence-corrected chi connectivity index (χ1v) is 8.99. The van der Waals surface area contributed by atoms with Gasteiger partial charge in [-0.05, 0) is 49.1 Å². The quantitative estimate of drug-likeness (QED) is 0.739. The Balaban J connectivity index is 1.93. The van der Waals surface area contributed by atoms with E-state index in [1.54, 1.807) is 13.3 Å². The third kappa shape index (κ3) is 6.06. The average molecular weight is 356 g/mol. The lowest BCUT2D eigenvalue weighted by Gasteiger charge is -2.18. The van der Waals surface area contributed by atoms with Gasteiger partial charge in [0.2, 0.25) is 5.91 Å². The number of nitrogens with one attached hydrogen (secondary N) is 1. The maximum Gasteiger partial charge on any atom is 0.220 e. The minimum absolute atomic E-state index is 0.00209. The highest BCUT2D eigenvalue weighted by molar-refractivity contribution is 5.76. The van der Waals surface area contributed by atoms with Crippen molar-refractivity contribution in [3.63, 3.8) is 0 Å². The van der Waals surface area contributed by atoms with Gasteiger partial charge >= 0.3 is 0 Å². The van der Waals surface area contributed by atoms with Gasteiger partial charge in [-0.2, -0.15) is 0 Å². The van der Waals surface area contributed by atoms with Crippen LogP contribution in [0.25, 0.3) is 0 Å². The first-order chi connectivity index (χ1) is 12.5.